The van der Waals surface area contributed by atoms with Crippen LogP contribution in [0.1, 0.15) is 16.1 Å². The maximum atomic E-state index is 12.5. The van der Waals surface area contributed by atoms with Crippen molar-refractivity contribution in [3.63, 3.8) is 0 Å². The van der Waals surface area contributed by atoms with Gasteiger partial charge in [0, 0.05) is 33.7 Å². The first-order chi connectivity index (χ1) is 9.65. The largest absolute Gasteiger partial charge is 0.354 e. The van der Waals surface area contributed by atoms with Gasteiger partial charge >= 0.3 is 0 Å². The van der Waals surface area contributed by atoms with Gasteiger partial charge in [-0.05, 0) is 19.0 Å². The standard InChI is InChI=1S/C13H18N4OS2/c1-16(2)13-15-11-9(20-13)8-10(19-11)12(18)17-6-3-4-14-5-7-17/h8,14H,3-7H2,1-2H3. The van der Waals surface area contributed by atoms with Crippen LogP contribution in [0.3, 0.4) is 0 Å². The number of hydrogen-bond donors (Lipinski definition) is 1. The monoisotopic (exact) mass is 310 g/mol. The number of anilines is 1. The van der Waals surface area contributed by atoms with Crippen LogP contribution >= 0.6 is 22.7 Å². The van der Waals surface area contributed by atoms with E-state index in [9.17, 15) is 4.79 Å². The lowest BCUT2D eigenvalue weighted by Crippen LogP contribution is -2.33. The van der Waals surface area contributed by atoms with Gasteiger partial charge in [-0.1, -0.05) is 11.3 Å². The maximum absolute atomic E-state index is 12.5. The Labute approximate surface area is 126 Å². The molecule has 7 heteroatoms. The predicted molar refractivity (Wildman–Crippen MR) is 85.2 cm³/mol. The van der Waals surface area contributed by atoms with Gasteiger partial charge < -0.3 is 15.1 Å². The Balaban J connectivity index is 1.82. The van der Waals surface area contributed by atoms with Crippen LogP contribution < -0.4 is 10.2 Å². The van der Waals surface area contributed by atoms with Crippen molar-refractivity contribution in [3.05, 3.63) is 10.9 Å². The lowest BCUT2D eigenvalue weighted by Gasteiger charge is -2.18. The van der Waals surface area contributed by atoms with Crippen molar-refractivity contribution in [2.45, 2.75) is 6.42 Å². The number of rotatable bonds is 2. The fraction of sp³-hybridized carbons (Fsp3) is 0.538. The highest BCUT2D eigenvalue weighted by molar-refractivity contribution is 7.29. The Morgan fingerprint density at radius 2 is 2.20 bits per heavy atom. The zero-order valence-corrected chi connectivity index (χ0v) is 13.3. The molecule has 1 saturated heterocycles. The third kappa shape index (κ3) is 2.65. The summed E-state index contributed by atoms with van der Waals surface area (Å²) in [7, 11) is 3.97. The van der Waals surface area contributed by atoms with Crippen LogP contribution in [0.4, 0.5) is 5.13 Å². The summed E-state index contributed by atoms with van der Waals surface area (Å²) >= 11 is 3.14. The van der Waals surface area contributed by atoms with Crippen LogP contribution in [-0.2, 0) is 0 Å². The topological polar surface area (TPSA) is 48.5 Å². The van der Waals surface area contributed by atoms with Gasteiger partial charge in [0.1, 0.15) is 4.83 Å². The van der Waals surface area contributed by atoms with E-state index in [4.69, 9.17) is 0 Å². The summed E-state index contributed by atoms with van der Waals surface area (Å²) < 4.78 is 1.11. The highest BCUT2D eigenvalue weighted by Gasteiger charge is 2.20. The number of nitrogens with zero attached hydrogens (tertiary/aromatic N) is 3. The van der Waals surface area contributed by atoms with E-state index < -0.39 is 0 Å². The fourth-order valence-corrected chi connectivity index (χ4v) is 4.33. The molecule has 1 N–H and O–H groups in total. The molecule has 2 aromatic rings. The van der Waals surface area contributed by atoms with Crippen LogP contribution in [0, 0.1) is 0 Å². The number of thiazole rings is 1. The first kappa shape index (κ1) is 13.8. The zero-order chi connectivity index (χ0) is 14.1. The quantitative estimate of drug-likeness (QED) is 0.920. The number of nitrogens with one attached hydrogen (secondary N) is 1. The second kappa shape index (κ2) is 5.67. The van der Waals surface area contributed by atoms with Gasteiger partial charge in [-0.3, -0.25) is 4.79 Å². The molecule has 0 saturated carbocycles. The van der Waals surface area contributed by atoms with Crippen molar-refractivity contribution in [2.75, 3.05) is 45.2 Å². The smallest absolute Gasteiger partial charge is 0.264 e. The second-order valence-electron chi connectivity index (χ2n) is 5.07. The minimum Gasteiger partial charge on any atom is -0.354 e. The number of thiophene rings is 1. The van der Waals surface area contributed by atoms with Gasteiger partial charge in [-0.25, -0.2) is 4.98 Å². The fourth-order valence-electron chi connectivity index (χ4n) is 2.23. The van der Waals surface area contributed by atoms with Gasteiger partial charge in [0.05, 0.1) is 9.58 Å². The summed E-state index contributed by atoms with van der Waals surface area (Å²) in [4.78, 5) is 22.8. The maximum Gasteiger partial charge on any atom is 0.264 e. The molecule has 2 aromatic heterocycles. The molecule has 0 atom stereocenters. The number of hydrogen-bond acceptors (Lipinski definition) is 6. The molecule has 1 amide bonds. The van der Waals surface area contributed by atoms with E-state index in [0.717, 1.165) is 52.1 Å². The number of carbonyl (C=O) groups excluding carboxylic acids is 1. The van der Waals surface area contributed by atoms with Crippen molar-refractivity contribution < 1.29 is 4.79 Å². The Bertz CT molecular complexity index is 579. The van der Waals surface area contributed by atoms with Crippen LogP contribution in [0.5, 0.6) is 0 Å². The van der Waals surface area contributed by atoms with E-state index in [0.29, 0.717) is 0 Å². The van der Waals surface area contributed by atoms with Gasteiger partial charge in [0.2, 0.25) is 0 Å². The average molecular weight is 310 g/mol. The number of fused-ring (bicyclic) bond motifs is 1. The first-order valence-electron chi connectivity index (χ1n) is 6.73. The normalized spacial score (nSPS) is 16.4. The second-order valence-corrected chi connectivity index (χ2v) is 7.11. The predicted octanol–water partition coefficient (Wildman–Crippen LogP) is 1.86. The molecule has 3 heterocycles. The minimum absolute atomic E-state index is 0.148. The first-order valence-corrected chi connectivity index (χ1v) is 8.36. The van der Waals surface area contributed by atoms with Crippen molar-refractivity contribution in [3.8, 4) is 0 Å². The van der Waals surface area contributed by atoms with Gasteiger partial charge in [-0.2, -0.15) is 0 Å². The third-order valence-corrected chi connectivity index (χ3v) is 5.61. The van der Waals surface area contributed by atoms with E-state index >= 15 is 0 Å². The average Bonchev–Trinajstić information content (AvgIpc) is 2.86. The number of aromatic nitrogens is 1. The lowest BCUT2D eigenvalue weighted by molar-refractivity contribution is 0.0771. The van der Waals surface area contributed by atoms with Crippen LogP contribution in [0.15, 0.2) is 6.07 Å². The Morgan fingerprint density at radius 1 is 1.35 bits per heavy atom. The van der Waals surface area contributed by atoms with E-state index in [-0.39, 0.29) is 5.91 Å². The zero-order valence-electron chi connectivity index (χ0n) is 11.7. The number of carbonyl (C=O) groups is 1. The van der Waals surface area contributed by atoms with Crippen molar-refractivity contribution >= 4 is 43.2 Å². The lowest BCUT2D eigenvalue weighted by atomic mass is 10.3. The Kier molecular flexibility index (Phi) is 3.91. The number of amides is 1. The molecule has 0 radical (unpaired) electrons. The third-order valence-electron chi connectivity index (χ3n) is 3.30. The summed E-state index contributed by atoms with van der Waals surface area (Å²) in [6.07, 6.45) is 1.02. The van der Waals surface area contributed by atoms with Gasteiger partial charge in [0.25, 0.3) is 5.91 Å². The molecule has 5 nitrogen and oxygen atoms in total. The molecule has 108 valence electrons. The molecule has 0 unspecified atom stereocenters. The summed E-state index contributed by atoms with van der Waals surface area (Å²) in [5.41, 5.74) is 0. The van der Waals surface area contributed by atoms with Crippen LogP contribution in [-0.4, -0.2) is 56.1 Å². The summed E-state index contributed by atoms with van der Waals surface area (Å²) in [6.45, 7) is 3.51. The van der Waals surface area contributed by atoms with E-state index in [1.807, 2.05) is 30.0 Å². The highest BCUT2D eigenvalue weighted by atomic mass is 32.1. The van der Waals surface area contributed by atoms with E-state index in [1.54, 1.807) is 11.3 Å². The minimum atomic E-state index is 0.148. The van der Waals surface area contributed by atoms with Crippen molar-refractivity contribution in [1.82, 2.24) is 15.2 Å². The molecule has 1 aliphatic rings. The molecule has 0 aromatic carbocycles. The van der Waals surface area contributed by atoms with Crippen molar-refractivity contribution in [2.24, 2.45) is 0 Å². The molecule has 1 aliphatic heterocycles. The highest BCUT2D eigenvalue weighted by Crippen LogP contribution is 2.34. The van der Waals surface area contributed by atoms with E-state index in [1.165, 1.54) is 11.3 Å². The molecular formula is C13H18N4OS2. The summed E-state index contributed by atoms with van der Waals surface area (Å²) in [6, 6.07) is 1.99. The molecule has 3 rings (SSSR count). The molecule has 0 bridgehead atoms. The molecular weight excluding hydrogens is 292 g/mol. The summed E-state index contributed by atoms with van der Waals surface area (Å²) in [5, 5.41) is 4.31. The molecule has 20 heavy (non-hydrogen) atoms. The van der Waals surface area contributed by atoms with Gasteiger partial charge in [0.15, 0.2) is 5.13 Å². The summed E-state index contributed by atoms with van der Waals surface area (Å²) in [5.74, 6) is 0.148. The SMILES string of the molecule is CN(C)c1nc2sc(C(=O)N3CCCNCC3)cc2s1. The van der Waals surface area contributed by atoms with Crippen molar-refractivity contribution in [1.29, 1.82) is 0 Å². The van der Waals surface area contributed by atoms with Gasteiger partial charge in [-0.15, -0.1) is 11.3 Å². The van der Waals surface area contributed by atoms with Crippen LogP contribution in [0.25, 0.3) is 9.53 Å². The van der Waals surface area contributed by atoms with E-state index in [2.05, 4.69) is 10.3 Å². The molecule has 1 fully saturated rings. The Hall–Kier alpha value is -1.18. The molecule has 0 aliphatic carbocycles. The van der Waals surface area contributed by atoms with Crippen LogP contribution in [0.2, 0.25) is 0 Å². The Morgan fingerprint density at radius 3 is 2.95 bits per heavy atom. The molecule has 0 spiro atoms.